The van der Waals surface area contributed by atoms with E-state index in [9.17, 15) is 55.1 Å². The van der Waals surface area contributed by atoms with Gasteiger partial charge in [0.05, 0.1) is 23.6 Å². The molecule has 0 fully saturated rings. The Hall–Kier alpha value is -6.00. The Morgan fingerprint density at radius 3 is 2.03 bits per heavy atom. The van der Waals surface area contributed by atoms with Crippen molar-refractivity contribution in [3.63, 3.8) is 0 Å². The summed E-state index contributed by atoms with van der Waals surface area (Å²) in [5, 5.41) is 22.0. The molecule has 2 aromatic carbocycles. The van der Waals surface area contributed by atoms with Gasteiger partial charge in [0.1, 0.15) is 24.8 Å². The number of sulfone groups is 1. The standard InChI is InChI=1S/C38H46F2N6O8S.C2HF3O2/c1-38(2,3)36(31-19-26(28-20-27(39)9-10-29(28)40)22-44(31)21-25-7-5-4-6-8-25)45(35(51)24-47)16-13-30(41)37(52)43-15-18-55(53,54)17-14-42-32(48)23-46-33(49)11-12-34(46)50;3-2(4,5)1(6)7/h4-12,19-20,22,30,36,47H,13-18,21,23-24,41H2,1-3H3,(H,42,48)(H,43,52);(H,6,7)/t30-,36?;/m0./s1. The van der Waals surface area contributed by atoms with Gasteiger partial charge in [-0.1, -0.05) is 51.1 Å². The Labute approximate surface area is 353 Å². The summed E-state index contributed by atoms with van der Waals surface area (Å²) >= 11 is 0. The van der Waals surface area contributed by atoms with Crippen LogP contribution in [0.25, 0.3) is 11.1 Å². The summed E-state index contributed by atoms with van der Waals surface area (Å²) in [5.74, 6) is -8.31. The zero-order chi connectivity index (χ0) is 46.6. The largest absolute Gasteiger partial charge is 0.490 e. The molecule has 338 valence electrons. The third-order valence-electron chi connectivity index (χ3n) is 9.14. The maximum Gasteiger partial charge on any atom is 0.490 e. The second-order valence-electron chi connectivity index (χ2n) is 15.0. The molecule has 0 saturated carbocycles. The summed E-state index contributed by atoms with van der Waals surface area (Å²) in [6.45, 7) is 3.87. The maximum absolute atomic E-state index is 15.0. The smallest absolute Gasteiger partial charge is 0.475 e. The molecular weight excluding hydrogens is 852 g/mol. The van der Waals surface area contributed by atoms with Crippen molar-refractivity contribution in [2.24, 2.45) is 11.1 Å². The number of nitrogens with one attached hydrogen (secondary N) is 2. The molecule has 62 heavy (non-hydrogen) atoms. The van der Waals surface area contributed by atoms with Crippen LogP contribution in [-0.4, -0.2) is 125 Å². The van der Waals surface area contributed by atoms with Gasteiger partial charge in [-0.05, 0) is 41.7 Å². The Morgan fingerprint density at radius 1 is 0.903 bits per heavy atom. The van der Waals surface area contributed by atoms with Crippen molar-refractivity contribution in [3.8, 4) is 11.1 Å². The molecule has 6 N–H and O–H groups in total. The molecule has 22 heteroatoms. The van der Waals surface area contributed by atoms with Crippen LogP contribution in [0.1, 0.15) is 44.5 Å². The molecule has 2 atom stereocenters. The maximum atomic E-state index is 15.0. The normalized spacial score (nSPS) is 13.9. The minimum absolute atomic E-state index is 0.0249. The first-order chi connectivity index (χ1) is 28.8. The Morgan fingerprint density at radius 2 is 1.48 bits per heavy atom. The number of aromatic nitrogens is 1. The molecule has 0 aliphatic carbocycles. The number of benzene rings is 2. The van der Waals surface area contributed by atoms with Crippen LogP contribution in [0.3, 0.4) is 0 Å². The first kappa shape index (κ1) is 50.4. The van der Waals surface area contributed by atoms with Crippen LogP contribution in [0, 0.1) is 17.0 Å². The molecule has 0 bridgehead atoms. The van der Waals surface area contributed by atoms with Crippen molar-refractivity contribution >= 4 is 45.3 Å². The van der Waals surface area contributed by atoms with Crippen molar-refractivity contribution in [1.82, 2.24) is 25.0 Å². The van der Waals surface area contributed by atoms with E-state index in [-0.39, 0.29) is 31.6 Å². The summed E-state index contributed by atoms with van der Waals surface area (Å²) in [6, 6.07) is 12.3. The second kappa shape index (κ2) is 21.7. The van der Waals surface area contributed by atoms with Crippen LogP contribution in [0.15, 0.2) is 72.9 Å². The highest BCUT2D eigenvalue weighted by molar-refractivity contribution is 7.91. The van der Waals surface area contributed by atoms with Gasteiger partial charge in [0.25, 0.3) is 11.8 Å². The fourth-order valence-corrected chi connectivity index (χ4v) is 7.24. The SMILES string of the molecule is CC(C)(C)C(c1cc(-c2cc(F)ccc2F)cn1Cc1ccccc1)N(CC[C@H](N)C(=O)NCCS(=O)(=O)CCNC(=O)CN1C(=O)C=CC1=O)C(=O)CO.O=C(O)C(F)(F)F. The lowest BCUT2D eigenvalue weighted by atomic mass is 9.82. The second-order valence-corrected chi connectivity index (χ2v) is 17.3. The van der Waals surface area contributed by atoms with Crippen LogP contribution >= 0.6 is 0 Å². The molecule has 1 aromatic heterocycles. The molecule has 1 unspecified atom stereocenters. The lowest BCUT2D eigenvalue weighted by Gasteiger charge is -2.41. The van der Waals surface area contributed by atoms with Gasteiger partial charge < -0.3 is 36.0 Å². The number of alkyl halides is 3. The number of carbonyl (C=O) groups excluding carboxylic acids is 5. The molecule has 0 saturated heterocycles. The monoisotopic (exact) mass is 898 g/mol. The number of nitrogens with zero attached hydrogens (tertiary/aromatic N) is 3. The van der Waals surface area contributed by atoms with Gasteiger partial charge in [-0.2, -0.15) is 13.2 Å². The summed E-state index contributed by atoms with van der Waals surface area (Å²) in [4.78, 5) is 72.6. The highest BCUT2D eigenvalue weighted by atomic mass is 32.2. The molecule has 0 radical (unpaired) electrons. The Kier molecular flexibility index (Phi) is 17.6. The van der Waals surface area contributed by atoms with Gasteiger partial charge >= 0.3 is 12.1 Å². The van der Waals surface area contributed by atoms with Gasteiger partial charge in [0.2, 0.25) is 17.7 Å². The van der Waals surface area contributed by atoms with Crippen LogP contribution < -0.4 is 16.4 Å². The van der Waals surface area contributed by atoms with Crippen molar-refractivity contribution < 1.29 is 69.4 Å². The molecule has 2 heterocycles. The lowest BCUT2D eigenvalue weighted by molar-refractivity contribution is -0.192. The quantitative estimate of drug-likeness (QED) is 0.0918. The summed E-state index contributed by atoms with van der Waals surface area (Å²) in [6.07, 6.45) is -1.43. The minimum atomic E-state index is -5.08. The average Bonchev–Trinajstić information content (AvgIpc) is 3.73. The van der Waals surface area contributed by atoms with E-state index in [0.717, 1.165) is 35.9 Å². The number of carboxylic acid groups (broad SMARTS) is 1. The van der Waals surface area contributed by atoms with Crippen LogP contribution in [-0.2, 0) is 45.1 Å². The summed E-state index contributed by atoms with van der Waals surface area (Å²) in [7, 11) is -3.75. The highest BCUT2D eigenvalue weighted by Gasteiger charge is 2.39. The number of aliphatic carboxylic acids is 1. The molecule has 3 aromatic rings. The van der Waals surface area contributed by atoms with Gasteiger partial charge in [0.15, 0.2) is 9.84 Å². The predicted octanol–water partition coefficient (Wildman–Crippen LogP) is 2.31. The lowest BCUT2D eigenvalue weighted by Crippen LogP contribution is -2.48. The zero-order valence-corrected chi connectivity index (χ0v) is 34.6. The number of nitrogens with two attached hydrogens (primary N) is 1. The van der Waals surface area contributed by atoms with Crippen molar-refractivity contribution in [2.75, 3.05) is 44.3 Å². The van der Waals surface area contributed by atoms with Crippen molar-refractivity contribution in [2.45, 2.75) is 52.0 Å². The third kappa shape index (κ3) is 14.9. The molecule has 5 amide bonds. The number of hydrogen-bond acceptors (Lipinski definition) is 10. The van der Waals surface area contributed by atoms with Gasteiger partial charge in [-0.25, -0.2) is 22.0 Å². The number of aliphatic hydroxyl groups excluding tert-OH is 1. The fourth-order valence-electron chi connectivity index (χ4n) is 6.21. The summed E-state index contributed by atoms with van der Waals surface area (Å²) in [5.41, 5.74) is 7.35. The van der Waals surface area contributed by atoms with E-state index in [2.05, 4.69) is 10.6 Å². The van der Waals surface area contributed by atoms with Gasteiger partial charge in [-0.3, -0.25) is 28.9 Å². The number of carboxylic acids is 1. The minimum Gasteiger partial charge on any atom is -0.475 e. The Bertz CT molecular complexity index is 2230. The van der Waals surface area contributed by atoms with Gasteiger partial charge in [0, 0.05) is 61.3 Å². The van der Waals surface area contributed by atoms with Crippen LogP contribution in [0.5, 0.6) is 0 Å². The predicted molar refractivity (Wildman–Crippen MR) is 213 cm³/mol. The number of aliphatic hydroxyl groups is 1. The van der Waals surface area contributed by atoms with E-state index in [4.69, 9.17) is 15.6 Å². The molecule has 4 rings (SSSR count). The van der Waals surface area contributed by atoms with E-state index in [0.29, 0.717) is 22.7 Å². The van der Waals surface area contributed by atoms with Crippen molar-refractivity contribution in [3.05, 3.63) is 95.8 Å². The average molecular weight is 899 g/mol. The topological polar surface area (TPSA) is 239 Å². The Balaban J connectivity index is 0.00000134. The van der Waals surface area contributed by atoms with Crippen LogP contribution in [0.4, 0.5) is 22.0 Å². The van der Waals surface area contributed by atoms with E-state index in [1.165, 1.54) is 4.90 Å². The molecule has 1 aliphatic rings. The number of halogens is 5. The number of carbonyl (C=O) groups is 6. The van der Waals surface area contributed by atoms with Crippen molar-refractivity contribution in [1.29, 1.82) is 0 Å². The molecule has 1 aliphatic heterocycles. The number of amides is 5. The number of hydrogen-bond donors (Lipinski definition) is 5. The highest BCUT2D eigenvalue weighted by Crippen LogP contribution is 2.41. The van der Waals surface area contributed by atoms with Gasteiger partial charge in [-0.15, -0.1) is 0 Å². The van der Waals surface area contributed by atoms with E-state index in [1.54, 1.807) is 12.3 Å². The zero-order valence-electron chi connectivity index (χ0n) is 33.8. The van der Waals surface area contributed by atoms with E-state index >= 15 is 4.39 Å². The molecular formula is C40H47F5N6O10S. The van der Waals surface area contributed by atoms with E-state index < -0.39 is 105 Å². The number of imide groups is 1. The first-order valence-electron chi connectivity index (χ1n) is 18.8. The summed E-state index contributed by atoms with van der Waals surface area (Å²) < 4.78 is 87.9. The number of rotatable bonds is 18. The third-order valence-corrected chi connectivity index (χ3v) is 10.8. The first-order valence-corrected chi connectivity index (χ1v) is 20.6. The van der Waals surface area contributed by atoms with Crippen LogP contribution in [0.2, 0.25) is 0 Å². The van der Waals surface area contributed by atoms with E-state index in [1.807, 2.05) is 55.7 Å². The molecule has 16 nitrogen and oxygen atoms in total. The molecule has 0 spiro atoms. The fraction of sp³-hybridized carbons (Fsp3) is 0.400.